The molecule has 0 N–H and O–H groups in total. The first-order valence-electron chi connectivity index (χ1n) is 6.77. The van der Waals surface area contributed by atoms with E-state index in [0.29, 0.717) is 47.8 Å². The third kappa shape index (κ3) is 6.44. The number of rotatable bonds is 8. The molecular formula is C15H21F2NO2S. The van der Waals surface area contributed by atoms with E-state index in [0.717, 1.165) is 0 Å². The zero-order chi connectivity index (χ0) is 15.8. The summed E-state index contributed by atoms with van der Waals surface area (Å²) in [5.74, 6) is -2.21. The van der Waals surface area contributed by atoms with Crippen LogP contribution in [0.1, 0.15) is 24.2 Å². The molecule has 0 fully saturated rings. The first-order valence-corrected chi connectivity index (χ1v) is 7.65. The van der Waals surface area contributed by atoms with Gasteiger partial charge in [0, 0.05) is 30.7 Å². The minimum atomic E-state index is -2.45. The average molecular weight is 317 g/mol. The second kappa shape index (κ2) is 9.00. The van der Waals surface area contributed by atoms with Gasteiger partial charge in [0.25, 0.3) is 11.7 Å². The van der Waals surface area contributed by atoms with Crippen molar-refractivity contribution in [2.75, 3.05) is 26.8 Å². The lowest BCUT2D eigenvalue weighted by Crippen LogP contribution is -2.36. The number of hydrogen-bond donors (Lipinski definition) is 0. The fourth-order valence-corrected chi connectivity index (χ4v) is 2.38. The van der Waals surface area contributed by atoms with Gasteiger partial charge in [-0.15, -0.1) is 0 Å². The number of methoxy groups -OCH3 is 1. The number of carbonyl (C=O) groups is 1. The Labute approximate surface area is 128 Å². The fourth-order valence-electron chi connectivity index (χ4n) is 1.88. The summed E-state index contributed by atoms with van der Waals surface area (Å²) >= 11 is 0.474. The topological polar surface area (TPSA) is 29.5 Å². The smallest absolute Gasteiger partial charge is 0.288 e. The van der Waals surface area contributed by atoms with Gasteiger partial charge in [0.1, 0.15) is 0 Å². The highest BCUT2D eigenvalue weighted by atomic mass is 32.2. The molecule has 21 heavy (non-hydrogen) atoms. The predicted octanol–water partition coefficient (Wildman–Crippen LogP) is 3.75. The van der Waals surface area contributed by atoms with Crippen LogP contribution in [0.5, 0.6) is 0 Å². The van der Waals surface area contributed by atoms with Gasteiger partial charge in [0.2, 0.25) is 0 Å². The van der Waals surface area contributed by atoms with E-state index in [1.165, 1.54) is 0 Å². The summed E-state index contributed by atoms with van der Waals surface area (Å²) in [5.41, 5.74) is 0.505. The molecule has 0 aromatic heterocycles. The number of thioether (sulfide) groups is 1. The van der Waals surface area contributed by atoms with Gasteiger partial charge in [-0.3, -0.25) is 4.79 Å². The number of ether oxygens (including phenoxy) is 1. The molecule has 0 saturated carbocycles. The predicted molar refractivity (Wildman–Crippen MR) is 80.9 cm³/mol. The lowest BCUT2D eigenvalue weighted by Gasteiger charge is -2.24. The van der Waals surface area contributed by atoms with Crippen LogP contribution in [0.15, 0.2) is 29.2 Å². The summed E-state index contributed by atoms with van der Waals surface area (Å²) in [4.78, 5) is 14.6. The van der Waals surface area contributed by atoms with Crippen molar-refractivity contribution < 1.29 is 18.3 Å². The maximum absolute atomic E-state index is 12.4. The lowest BCUT2D eigenvalue weighted by molar-refractivity contribution is 0.0672. The molecule has 118 valence electrons. The highest BCUT2D eigenvalue weighted by molar-refractivity contribution is 7.99. The summed E-state index contributed by atoms with van der Waals surface area (Å²) in [5, 5.41) is 0. The Morgan fingerprint density at radius 2 is 1.90 bits per heavy atom. The molecule has 0 heterocycles. The van der Waals surface area contributed by atoms with E-state index < -0.39 is 5.76 Å². The molecule has 0 spiro atoms. The van der Waals surface area contributed by atoms with Crippen LogP contribution in [0, 0.1) is 5.92 Å². The summed E-state index contributed by atoms with van der Waals surface area (Å²) in [6.07, 6.45) is 0. The number of benzene rings is 1. The molecule has 0 aliphatic rings. The van der Waals surface area contributed by atoms with E-state index in [9.17, 15) is 13.6 Å². The van der Waals surface area contributed by atoms with E-state index in [2.05, 4.69) is 0 Å². The first kappa shape index (κ1) is 17.9. The number of nitrogens with zero attached hydrogens (tertiary/aromatic N) is 1. The Morgan fingerprint density at radius 3 is 2.38 bits per heavy atom. The number of hydrogen-bond acceptors (Lipinski definition) is 3. The Morgan fingerprint density at radius 1 is 1.29 bits per heavy atom. The zero-order valence-corrected chi connectivity index (χ0v) is 13.3. The van der Waals surface area contributed by atoms with Crippen LogP contribution < -0.4 is 0 Å². The van der Waals surface area contributed by atoms with Crippen molar-refractivity contribution in [3.05, 3.63) is 29.8 Å². The van der Waals surface area contributed by atoms with Crippen molar-refractivity contribution >= 4 is 17.7 Å². The Balaban J connectivity index is 2.77. The molecule has 1 aromatic rings. The van der Waals surface area contributed by atoms with Crippen LogP contribution in [0.2, 0.25) is 0 Å². The lowest BCUT2D eigenvalue weighted by atomic mass is 10.1. The van der Waals surface area contributed by atoms with Crippen LogP contribution in [0.25, 0.3) is 0 Å². The van der Waals surface area contributed by atoms with Gasteiger partial charge in [-0.25, -0.2) is 0 Å². The van der Waals surface area contributed by atoms with Gasteiger partial charge in [-0.2, -0.15) is 8.78 Å². The summed E-state index contributed by atoms with van der Waals surface area (Å²) in [7, 11) is 1.59. The highest BCUT2D eigenvalue weighted by Gasteiger charge is 2.17. The number of halogens is 2. The van der Waals surface area contributed by atoms with Crippen molar-refractivity contribution in [2.45, 2.75) is 24.5 Å². The molecule has 0 aliphatic carbocycles. The minimum Gasteiger partial charge on any atom is -0.383 e. The molecule has 0 unspecified atom stereocenters. The minimum absolute atomic E-state index is 0.102. The molecule has 0 bridgehead atoms. The average Bonchev–Trinajstić information content (AvgIpc) is 2.42. The Hall–Kier alpha value is -1.14. The zero-order valence-electron chi connectivity index (χ0n) is 12.5. The summed E-state index contributed by atoms with van der Waals surface area (Å²) in [6, 6.07) is 6.28. The normalized spacial score (nSPS) is 11.2. The molecule has 3 nitrogen and oxygen atoms in total. The van der Waals surface area contributed by atoms with Gasteiger partial charge in [-0.1, -0.05) is 25.6 Å². The van der Waals surface area contributed by atoms with Crippen LogP contribution in [0.3, 0.4) is 0 Å². The molecule has 0 aliphatic heterocycles. The Kier molecular flexibility index (Phi) is 7.67. The van der Waals surface area contributed by atoms with Gasteiger partial charge in [-0.05, 0) is 30.2 Å². The largest absolute Gasteiger partial charge is 0.383 e. The first-order chi connectivity index (χ1) is 9.93. The van der Waals surface area contributed by atoms with E-state index in [1.807, 2.05) is 13.8 Å². The van der Waals surface area contributed by atoms with Gasteiger partial charge in [0.05, 0.1) is 6.61 Å². The molecule has 0 atom stereocenters. The van der Waals surface area contributed by atoms with Gasteiger partial charge in [0.15, 0.2) is 0 Å². The maximum atomic E-state index is 12.4. The van der Waals surface area contributed by atoms with Crippen molar-refractivity contribution in [1.82, 2.24) is 4.90 Å². The van der Waals surface area contributed by atoms with E-state index in [4.69, 9.17) is 4.74 Å². The van der Waals surface area contributed by atoms with Gasteiger partial charge < -0.3 is 9.64 Å². The number of alkyl halides is 2. The fraction of sp³-hybridized carbons (Fsp3) is 0.533. The number of amides is 1. The van der Waals surface area contributed by atoms with E-state index >= 15 is 0 Å². The number of carbonyl (C=O) groups excluding carboxylic acids is 1. The summed E-state index contributed by atoms with van der Waals surface area (Å²) < 4.78 is 29.6. The van der Waals surface area contributed by atoms with Crippen LogP contribution in [-0.4, -0.2) is 43.4 Å². The van der Waals surface area contributed by atoms with Crippen LogP contribution >= 0.6 is 11.8 Å². The Bertz CT molecular complexity index is 438. The quantitative estimate of drug-likeness (QED) is 0.684. The SMILES string of the molecule is COCCN(CC(C)C)C(=O)c1ccc(SC(F)F)cc1. The van der Waals surface area contributed by atoms with Crippen molar-refractivity contribution in [3.8, 4) is 0 Å². The van der Waals surface area contributed by atoms with E-state index in [-0.39, 0.29) is 5.91 Å². The van der Waals surface area contributed by atoms with Crippen molar-refractivity contribution in [2.24, 2.45) is 5.92 Å². The monoisotopic (exact) mass is 317 g/mol. The molecule has 6 heteroatoms. The van der Waals surface area contributed by atoms with Crippen LogP contribution in [-0.2, 0) is 4.74 Å². The van der Waals surface area contributed by atoms with Crippen molar-refractivity contribution in [1.29, 1.82) is 0 Å². The standard InChI is InChI=1S/C15H21F2NO2S/c1-11(2)10-18(8-9-20-3)14(19)12-4-6-13(7-5-12)21-15(16)17/h4-7,11,15H,8-10H2,1-3H3. The molecule has 0 radical (unpaired) electrons. The van der Waals surface area contributed by atoms with Crippen molar-refractivity contribution in [3.63, 3.8) is 0 Å². The molecule has 1 amide bonds. The van der Waals surface area contributed by atoms with Crippen LogP contribution in [0.4, 0.5) is 8.78 Å². The molecular weight excluding hydrogens is 296 g/mol. The third-order valence-corrected chi connectivity index (χ3v) is 3.49. The van der Waals surface area contributed by atoms with Gasteiger partial charge >= 0.3 is 0 Å². The molecule has 0 saturated heterocycles. The second-order valence-electron chi connectivity index (χ2n) is 5.04. The maximum Gasteiger partial charge on any atom is 0.288 e. The molecule has 1 aromatic carbocycles. The molecule has 1 rings (SSSR count). The second-order valence-corrected chi connectivity index (χ2v) is 6.10. The highest BCUT2D eigenvalue weighted by Crippen LogP contribution is 2.25. The summed E-state index contributed by atoms with van der Waals surface area (Å²) in [6.45, 7) is 5.69. The van der Waals surface area contributed by atoms with E-state index in [1.54, 1.807) is 36.3 Å². The third-order valence-electron chi connectivity index (χ3n) is 2.76.